The largest absolute Gasteiger partial charge is 0.462 e. The Balaban J connectivity index is 3.72. The van der Waals surface area contributed by atoms with Gasteiger partial charge >= 0.3 is 5.97 Å². The minimum absolute atomic E-state index is 0.00947. The molecule has 0 spiro atoms. The van der Waals surface area contributed by atoms with Crippen LogP contribution in [0.4, 0.5) is 0 Å². The first-order valence-corrected chi connectivity index (χ1v) is 11.2. The van der Waals surface area contributed by atoms with Gasteiger partial charge in [-0.05, 0) is 58.3 Å². The van der Waals surface area contributed by atoms with Crippen molar-refractivity contribution in [2.75, 3.05) is 0 Å². The van der Waals surface area contributed by atoms with Crippen molar-refractivity contribution in [1.82, 2.24) is 0 Å². The van der Waals surface area contributed by atoms with Crippen LogP contribution in [0.2, 0.25) is 0 Å². The number of carbonyl (C=O) groups is 1. The number of esters is 1. The van der Waals surface area contributed by atoms with Crippen LogP contribution >= 0.6 is 0 Å². The molecular weight excluding hydrogens is 356 g/mol. The van der Waals surface area contributed by atoms with Gasteiger partial charge in [-0.25, -0.2) is 0 Å². The van der Waals surface area contributed by atoms with E-state index in [4.69, 9.17) is 4.74 Å². The molecule has 2 unspecified atom stereocenters. The number of rotatable bonds is 16. The fourth-order valence-electron chi connectivity index (χ4n) is 2.32. The Morgan fingerprint density at radius 2 is 1.03 bits per heavy atom. The van der Waals surface area contributed by atoms with Crippen LogP contribution in [-0.2, 0) is 9.53 Å². The molecule has 0 rings (SSSR count). The molecule has 162 valence electrons. The fraction of sp³-hybridized carbons (Fsp3) is 0.519. The smallest absolute Gasteiger partial charge is 0.309 e. The summed E-state index contributed by atoms with van der Waals surface area (Å²) in [5.74, 6) is -0.174. The number of hydrogen-bond donors (Lipinski definition) is 0. The zero-order chi connectivity index (χ0) is 21.6. The molecule has 0 aromatic rings. The zero-order valence-corrected chi connectivity index (χ0v) is 19.1. The molecule has 0 bridgehead atoms. The highest BCUT2D eigenvalue weighted by molar-refractivity contribution is 5.72. The normalized spacial score (nSPS) is 15.0. The van der Waals surface area contributed by atoms with Crippen LogP contribution < -0.4 is 0 Å². The lowest BCUT2D eigenvalue weighted by Gasteiger charge is -2.14. The molecule has 0 amide bonds. The lowest BCUT2D eigenvalue weighted by molar-refractivity contribution is -0.152. The number of allylic oxidation sites excluding steroid dienone is 12. The summed E-state index contributed by atoms with van der Waals surface area (Å²) in [5.41, 5.74) is 0. The Kier molecular flexibility index (Phi) is 19.2. The number of ether oxygens (including phenoxy) is 1. The van der Waals surface area contributed by atoms with E-state index in [1.165, 1.54) is 0 Å². The summed E-state index contributed by atoms with van der Waals surface area (Å²) in [7, 11) is 0. The molecule has 2 atom stereocenters. The molecule has 0 aliphatic heterocycles. The van der Waals surface area contributed by atoms with Crippen molar-refractivity contribution >= 4 is 5.97 Å². The van der Waals surface area contributed by atoms with Gasteiger partial charge < -0.3 is 4.74 Å². The first kappa shape index (κ1) is 26.9. The van der Waals surface area contributed by atoms with Gasteiger partial charge in [0.25, 0.3) is 0 Å². The molecule has 2 nitrogen and oxygen atoms in total. The molecular formula is C27H42O2. The van der Waals surface area contributed by atoms with Gasteiger partial charge in [-0.2, -0.15) is 0 Å². The van der Waals surface area contributed by atoms with Crippen molar-refractivity contribution in [3.8, 4) is 0 Å². The molecule has 0 fully saturated rings. The topological polar surface area (TPSA) is 26.3 Å². The molecule has 0 N–H and O–H groups in total. The molecule has 29 heavy (non-hydrogen) atoms. The summed E-state index contributed by atoms with van der Waals surface area (Å²) >= 11 is 0. The monoisotopic (exact) mass is 398 g/mol. The summed E-state index contributed by atoms with van der Waals surface area (Å²) in [6, 6.07) is 0. The van der Waals surface area contributed by atoms with Crippen molar-refractivity contribution in [3.05, 3.63) is 72.9 Å². The molecule has 0 radical (unpaired) electrons. The highest BCUT2D eigenvalue weighted by Gasteiger charge is 2.14. The zero-order valence-electron chi connectivity index (χ0n) is 19.1. The molecule has 0 aliphatic rings. The van der Waals surface area contributed by atoms with Gasteiger partial charge in [0.05, 0.1) is 12.0 Å². The van der Waals surface area contributed by atoms with E-state index in [0.717, 1.165) is 51.4 Å². The summed E-state index contributed by atoms with van der Waals surface area (Å²) in [5, 5.41) is 0. The van der Waals surface area contributed by atoms with E-state index in [1.807, 2.05) is 20.8 Å². The first-order chi connectivity index (χ1) is 14.1. The summed E-state index contributed by atoms with van der Waals surface area (Å²) < 4.78 is 5.34. The van der Waals surface area contributed by atoms with Crippen LogP contribution in [0.3, 0.4) is 0 Å². The predicted molar refractivity (Wildman–Crippen MR) is 128 cm³/mol. The molecule has 0 saturated carbocycles. The third-order valence-electron chi connectivity index (χ3n) is 4.38. The van der Waals surface area contributed by atoms with Crippen LogP contribution in [0, 0.1) is 5.92 Å². The van der Waals surface area contributed by atoms with E-state index < -0.39 is 0 Å². The van der Waals surface area contributed by atoms with E-state index >= 15 is 0 Å². The van der Waals surface area contributed by atoms with Crippen molar-refractivity contribution in [2.24, 2.45) is 5.92 Å². The summed E-state index contributed by atoms with van der Waals surface area (Å²) in [6.07, 6.45) is 33.8. The SMILES string of the molecule is CC/C=C\C/C=C\C/C=C\C/C=C\C/C=C\C/C=C\CC(C)C(=O)OC(C)CC. The summed E-state index contributed by atoms with van der Waals surface area (Å²) in [6.45, 7) is 8.03. The van der Waals surface area contributed by atoms with Crippen LogP contribution in [0.1, 0.15) is 79.1 Å². The van der Waals surface area contributed by atoms with E-state index in [9.17, 15) is 4.79 Å². The Morgan fingerprint density at radius 3 is 1.41 bits per heavy atom. The average Bonchev–Trinajstić information content (AvgIpc) is 2.72. The molecule has 0 heterocycles. The van der Waals surface area contributed by atoms with E-state index in [2.05, 4.69) is 79.8 Å². The van der Waals surface area contributed by atoms with Crippen molar-refractivity contribution < 1.29 is 9.53 Å². The summed E-state index contributed by atoms with van der Waals surface area (Å²) in [4.78, 5) is 11.8. The van der Waals surface area contributed by atoms with Gasteiger partial charge in [-0.1, -0.05) is 93.7 Å². The van der Waals surface area contributed by atoms with Gasteiger partial charge in [0, 0.05) is 0 Å². The third kappa shape index (κ3) is 19.0. The first-order valence-electron chi connectivity index (χ1n) is 11.2. The van der Waals surface area contributed by atoms with Crippen LogP contribution in [-0.4, -0.2) is 12.1 Å². The second-order valence-electron chi connectivity index (χ2n) is 7.21. The van der Waals surface area contributed by atoms with E-state index in [0.29, 0.717) is 0 Å². The average molecular weight is 399 g/mol. The fourth-order valence-corrected chi connectivity index (χ4v) is 2.32. The molecule has 0 saturated heterocycles. The van der Waals surface area contributed by atoms with Crippen molar-refractivity contribution in [3.63, 3.8) is 0 Å². The minimum atomic E-state index is -0.0983. The maximum absolute atomic E-state index is 11.8. The lowest BCUT2D eigenvalue weighted by atomic mass is 10.1. The van der Waals surface area contributed by atoms with Crippen LogP contribution in [0.15, 0.2) is 72.9 Å². The van der Waals surface area contributed by atoms with Crippen LogP contribution in [0.25, 0.3) is 0 Å². The van der Waals surface area contributed by atoms with Gasteiger partial charge in [0.15, 0.2) is 0 Å². The Morgan fingerprint density at radius 1 is 0.655 bits per heavy atom. The quantitative estimate of drug-likeness (QED) is 0.194. The predicted octanol–water partition coefficient (Wildman–Crippen LogP) is 8.05. The maximum atomic E-state index is 11.8. The lowest BCUT2D eigenvalue weighted by Crippen LogP contribution is -2.19. The van der Waals surface area contributed by atoms with Gasteiger partial charge in [0.1, 0.15) is 0 Å². The number of hydrogen-bond acceptors (Lipinski definition) is 2. The van der Waals surface area contributed by atoms with Crippen LogP contribution in [0.5, 0.6) is 0 Å². The Bertz CT molecular complexity index is 561. The van der Waals surface area contributed by atoms with E-state index in [1.54, 1.807) is 0 Å². The second-order valence-corrected chi connectivity index (χ2v) is 7.21. The Hall–Kier alpha value is -2.09. The Labute approximate surface area is 179 Å². The highest BCUT2D eigenvalue weighted by atomic mass is 16.5. The standard InChI is InChI=1S/C27H42O2/c1-5-7-8-9-10-11-12-13-14-15-16-17-18-19-20-21-22-23-24-25(3)27(28)29-26(4)6-2/h7-8,10-11,13-14,16-17,19-20,22-23,25-26H,5-6,9,12,15,18,21,24H2,1-4H3/b8-7-,11-10-,14-13-,17-16-,20-19-,23-22-. The second kappa shape index (κ2) is 20.6. The van der Waals surface area contributed by atoms with Crippen molar-refractivity contribution in [2.45, 2.75) is 85.2 Å². The third-order valence-corrected chi connectivity index (χ3v) is 4.38. The molecule has 0 aliphatic carbocycles. The van der Waals surface area contributed by atoms with Gasteiger partial charge in [-0.15, -0.1) is 0 Å². The number of carbonyl (C=O) groups excluding carboxylic acids is 1. The highest BCUT2D eigenvalue weighted by Crippen LogP contribution is 2.09. The molecule has 2 heteroatoms. The van der Waals surface area contributed by atoms with Crippen molar-refractivity contribution in [1.29, 1.82) is 0 Å². The maximum Gasteiger partial charge on any atom is 0.309 e. The minimum Gasteiger partial charge on any atom is -0.462 e. The van der Waals surface area contributed by atoms with Gasteiger partial charge in [-0.3, -0.25) is 4.79 Å². The van der Waals surface area contributed by atoms with Gasteiger partial charge in [0.2, 0.25) is 0 Å². The molecule has 0 aromatic carbocycles. The van der Waals surface area contributed by atoms with E-state index in [-0.39, 0.29) is 18.0 Å². The molecule has 0 aromatic heterocycles.